The first kappa shape index (κ1) is 31.6. The molecule has 2 aliphatic heterocycles. The van der Waals surface area contributed by atoms with Crippen LogP contribution in [-0.2, 0) is 9.31 Å². The van der Waals surface area contributed by atoms with Crippen molar-refractivity contribution in [2.75, 3.05) is 26.3 Å². The number of aliphatic hydroxyl groups is 1. The number of hydrogen-bond donors (Lipinski definition) is 2. The molecule has 0 bridgehead atoms. The van der Waals surface area contributed by atoms with Crippen molar-refractivity contribution < 1.29 is 14.4 Å². The molecule has 40 heavy (non-hydrogen) atoms. The van der Waals surface area contributed by atoms with Crippen LogP contribution in [0.1, 0.15) is 107 Å². The zero-order chi connectivity index (χ0) is 27.8. The quantitative estimate of drug-likeness (QED) is 0.110. The average Bonchev–Trinajstić information content (AvgIpc) is 3.72. The molecule has 0 aromatic heterocycles. The Kier molecular flexibility index (Phi) is 14.5. The highest BCUT2D eigenvalue weighted by atomic mass is 32.2. The zero-order valence-electron chi connectivity index (χ0n) is 24.7. The summed E-state index contributed by atoms with van der Waals surface area (Å²) in [5, 5.41) is 16.1. The highest BCUT2D eigenvalue weighted by Crippen LogP contribution is 2.50. The second-order valence-corrected chi connectivity index (χ2v) is 13.3. The second kappa shape index (κ2) is 18.3. The van der Waals surface area contributed by atoms with Crippen molar-refractivity contribution in [3.05, 3.63) is 71.8 Å². The van der Waals surface area contributed by atoms with Gasteiger partial charge in [-0.15, -0.1) is 0 Å². The Hall–Kier alpha value is -1.31. The van der Waals surface area contributed by atoms with Gasteiger partial charge in [0.15, 0.2) is 0 Å². The van der Waals surface area contributed by atoms with Crippen molar-refractivity contribution in [3.63, 3.8) is 0 Å². The topological polar surface area (TPSA) is 50.7 Å². The van der Waals surface area contributed by atoms with Crippen LogP contribution in [-0.4, -0.2) is 55.0 Å². The van der Waals surface area contributed by atoms with E-state index in [1.807, 2.05) is 0 Å². The van der Waals surface area contributed by atoms with Gasteiger partial charge in [-0.1, -0.05) is 113 Å². The van der Waals surface area contributed by atoms with Crippen molar-refractivity contribution in [1.29, 1.82) is 0 Å². The van der Waals surface area contributed by atoms with Crippen molar-refractivity contribution in [2.45, 2.75) is 112 Å². The van der Waals surface area contributed by atoms with Gasteiger partial charge >= 0.3 is 7.12 Å². The highest BCUT2D eigenvalue weighted by Gasteiger charge is 2.39. The average molecular weight is 566 g/mol. The van der Waals surface area contributed by atoms with Gasteiger partial charge in [0.25, 0.3) is 0 Å². The Balaban J connectivity index is 1.29. The van der Waals surface area contributed by atoms with Gasteiger partial charge in [0.1, 0.15) is 0 Å². The molecule has 5 unspecified atom stereocenters. The fraction of sp³-hybridized carbons (Fsp3) is 0.647. The lowest BCUT2D eigenvalue weighted by atomic mass is 9.73. The van der Waals surface area contributed by atoms with Crippen molar-refractivity contribution in [2.24, 2.45) is 0 Å². The highest BCUT2D eigenvalue weighted by molar-refractivity contribution is 8.07. The van der Waals surface area contributed by atoms with E-state index in [1.165, 1.54) is 68.9 Å². The van der Waals surface area contributed by atoms with Crippen molar-refractivity contribution in [1.82, 2.24) is 5.32 Å². The third-order valence-corrected chi connectivity index (χ3v) is 10.1. The molecule has 0 saturated carbocycles. The Bertz CT molecular complexity index is 912. The number of rotatable bonds is 18. The Morgan fingerprint density at radius 1 is 0.800 bits per heavy atom. The summed E-state index contributed by atoms with van der Waals surface area (Å²) in [4.78, 5) is 0. The summed E-state index contributed by atoms with van der Waals surface area (Å²) in [5.41, 5.74) is 2.80. The fourth-order valence-corrected chi connectivity index (χ4v) is 7.49. The predicted molar refractivity (Wildman–Crippen MR) is 171 cm³/mol. The van der Waals surface area contributed by atoms with Crippen LogP contribution in [0.25, 0.3) is 0 Å². The normalized spacial score (nSPS) is 21.8. The van der Waals surface area contributed by atoms with Gasteiger partial charge in [-0.05, 0) is 55.1 Å². The van der Waals surface area contributed by atoms with E-state index in [1.54, 1.807) is 0 Å². The van der Waals surface area contributed by atoms with Crippen LogP contribution < -0.4 is 5.32 Å². The van der Waals surface area contributed by atoms with Crippen LogP contribution in [0.3, 0.4) is 0 Å². The molecule has 0 aliphatic carbocycles. The summed E-state index contributed by atoms with van der Waals surface area (Å²) < 4.78 is 11.7. The van der Waals surface area contributed by atoms with Crippen LogP contribution in [0.5, 0.6) is 0 Å². The van der Waals surface area contributed by atoms with Crippen LogP contribution in [0.15, 0.2) is 60.7 Å². The third-order valence-electron chi connectivity index (χ3n) is 8.66. The third kappa shape index (κ3) is 11.2. The molecule has 0 amide bonds. The SMILES string of the molecule is CCCCCCCCC1SC1CC(CCCC(CC(O)B1OCCNCCO1)c1ccccc1)c1ccccc1. The van der Waals surface area contributed by atoms with E-state index >= 15 is 0 Å². The maximum absolute atomic E-state index is 11.1. The minimum absolute atomic E-state index is 0.291. The molecule has 4 rings (SSSR count). The molecule has 2 saturated heterocycles. The van der Waals surface area contributed by atoms with E-state index in [2.05, 4.69) is 84.7 Å². The first-order valence-corrected chi connectivity index (χ1v) is 17.1. The molecule has 220 valence electrons. The number of thioether (sulfide) groups is 1. The van der Waals surface area contributed by atoms with E-state index in [0.717, 1.165) is 36.4 Å². The Morgan fingerprint density at radius 2 is 1.40 bits per heavy atom. The molecule has 2 aliphatic rings. The van der Waals surface area contributed by atoms with E-state index in [9.17, 15) is 5.11 Å². The lowest BCUT2D eigenvalue weighted by molar-refractivity contribution is 0.111. The van der Waals surface area contributed by atoms with Gasteiger partial charge in [0, 0.05) is 36.8 Å². The monoisotopic (exact) mass is 565 g/mol. The molecule has 2 fully saturated rings. The second-order valence-electron chi connectivity index (χ2n) is 11.8. The van der Waals surface area contributed by atoms with Gasteiger partial charge in [-0.3, -0.25) is 0 Å². The van der Waals surface area contributed by atoms with Gasteiger partial charge in [-0.2, -0.15) is 11.8 Å². The molecule has 4 nitrogen and oxygen atoms in total. The lowest BCUT2D eigenvalue weighted by Crippen LogP contribution is -2.43. The summed E-state index contributed by atoms with van der Waals surface area (Å²) in [5.74, 6) is 0.901. The Labute approximate surface area is 248 Å². The predicted octanol–water partition coefficient (Wildman–Crippen LogP) is 7.76. The summed E-state index contributed by atoms with van der Waals surface area (Å²) in [6, 6.07) is 21.3. The van der Waals surface area contributed by atoms with Gasteiger partial charge in [0.05, 0.1) is 6.00 Å². The van der Waals surface area contributed by atoms with E-state index in [4.69, 9.17) is 9.31 Å². The molecular weight excluding hydrogens is 513 g/mol. The summed E-state index contributed by atoms with van der Waals surface area (Å²) in [6.07, 6.45) is 15.1. The lowest BCUT2D eigenvalue weighted by Gasteiger charge is -2.26. The Morgan fingerprint density at radius 3 is 2.08 bits per heavy atom. The van der Waals surface area contributed by atoms with E-state index in [-0.39, 0.29) is 0 Å². The summed E-state index contributed by atoms with van der Waals surface area (Å²) >= 11 is 2.23. The van der Waals surface area contributed by atoms with Crippen LogP contribution in [0, 0.1) is 0 Å². The first-order chi connectivity index (χ1) is 19.7. The van der Waals surface area contributed by atoms with Gasteiger partial charge in [-0.25, -0.2) is 0 Å². The molecule has 2 N–H and O–H groups in total. The molecule has 2 aromatic carbocycles. The minimum Gasteiger partial charge on any atom is -0.408 e. The maximum atomic E-state index is 11.1. The fourth-order valence-electron chi connectivity index (χ4n) is 6.24. The van der Waals surface area contributed by atoms with Crippen LogP contribution in [0.2, 0.25) is 0 Å². The smallest absolute Gasteiger partial charge is 0.408 e. The molecule has 2 heterocycles. The van der Waals surface area contributed by atoms with Crippen LogP contribution in [0.4, 0.5) is 0 Å². The standard InChI is InChI=1S/C34H52BNO3S/c1-2-3-4-5-6-13-21-32-33(40-32)26-30(28-15-9-7-10-16-28)19-14-20-31(29-17-11-8-12-18-29)27-34(37)35-38-24-22-36-23-25-39-35/h7-12,15-18,30-34,36-37H,2-6,13-14,19-27H2,1H3. The first-order valence-electron chi connectivity index (χ1n) is 16.1. The number of unbranched alkanes of at least 4 members (excludes halogenated alkanes) is 5. The van der Waals surface area contributed by atoms with Crippen LogP contribution >= 0.6 is 11.8 Å². The largest absolute Gasteiger partial charge is 0.487 e. The molecule has 0 radical (unpaired) electrons. The number of aliphatic hydroxyl groups excluding tert-OH is 1. The van der Waals surface area contributed by atoms with Crippen molar-refractivity contribution >= 4 is 18.9 Å². The summed E-state index contributed by atoms with van der Waals surface area (Å²) in [7, 11) is -0.541. The number of nitrogens with one attached hydrogen (secondary N) is 1. The maximum Gasteiger partial charge on any atom is 0.487 e. The van der Waals surface area contributed by atoms with Crippen molar-refractivity contribution in [3.8, 4) is 0 Å². The van der Waals surface area contributed by atoms with E-state index < -0.39 is 13.1 Å². The van der Waals surface area contributed by atoms with E-state index in [0.29, 0.717) is 31.5 Å². The molecule has 2 aromatic rings. The molecular formula is C34H52BNO3S. The summed E-state index contributed by atoms with van der Waals surface area (Å²) in [6.45, 7) is 5.02. The number of benzene rings is 2. The zero-order valence-corrected chi connectivity index (χ0v) is 25.5. The molecule has 6 heteroatoms. The van der Waals surface area contributed by atoms with Gasteiger partial charge in [0.2, 0.25) is 0 Å². The minimum atomic E-state index is -0.626. The molecule has 0 spiro atoms. The van der Waals surface area contributed by atoms with Gasteiger partial charge < -0.3 is 19.7 Å². The molecule has 5 atom stereocenters. The number of hydrogen-bond acceptors (Lipinski definition) is 5.